The number of benzene rings is 1. The van der Waals surface area contributed by atoms with E-state index in [-0.39, 0.29) is 20.8 Å². The first-order valence-corrected chi connectivity index (χ1v) is 8.61. The lowest BCUT2D eigenvalue weighted by molar-refractivity contribution is -0.312. The lowest BCUT2D eigenvalue weighted by Crippen LogP contribution is -2.34. The van der Waals surface area contributed by atoms with Crippen molar-refractivity contribution >= 4 is 47.0 Å². The van der Waals surface area contributed by atoms with Gasteiger partial charge in [-0.2, -0.15) is 0 Å². The van der Waals surface area contributed by atoms with Crippen LogP contribution in [0, 0.1) is 3.95 Å². The third-order valence-corrected chi connectivity index (χ3v) is 5.27. The Morgan fingerprint density at radius 2 is 2.00 bits per heavy atom. The van der Waals surface area contributed by atoms with Crippen LogP contribution in [0.4, 0.5) is 0 Å². The highest BCUT2D eigenvalue weighted by molar-refractivity contribution is 7.73. The third kappa shape index (κ3) is 3.04. The molecule has 1 unspecified atom stereocenters. The van der Waals surface area contributed by atoms with Crippen LogP contribution in [0.3, 0.4) is 0 Å². The van der Waals surface area contributed by atoms with Gasteiger partial charge < -0.3 is 24.9 Å². The molecule has 0 fully saturated rings. The van der Waals surface area contributed by atoms with Crippen molar-refractivity contribution in [1.82, 2.24) is 4.57 Å². The van der Waals surface area contributed by atoms with E-state index >= 15 is 0 Å². The number of hydrogen-bond acceptors (Lipinski definition) is 8. The van der Waals surface area contributed by atoms with Crippen LogP contribution < -0.4 is 20.8 Å². The maximum atomic E-state index is 12.3. The average molecular weight is 390 g/mol. The van der Waals surface area contributed by atoms with Gasteiger partial charge in [-0.25, -0.2) is 4.99 Å². The predicted molar refractivity (Wildman–Crippen MR) is 87.8 cm³/mol. The summed E-state index contributed by atoms with van der Waals surface area (Å²) in [5.41, 5.74) is 0.116. The summed E-state index contributed by atoms with van der Waals surface area (Å²) < 4.78 is 0.851. The Hall–Kier alpha value is -2.85. The smallest absolute Gasteiger partial charge is 0.279 e. The van der Waals surface area contributed by atoms with E-state index in [1.165, 1.54) is 0 Å². The van der Waals surface area contributed by atoms with Crippen molar-refractivity contribution in [2.45, 2.75) is 18.9 Å². The number of nitrogens with zero attached hydrogens (tertiary/aromatic N) is 2. The van der Waals surface area contributed by atoms with Gasteiger partial charge in [-0.1, -0.05) is 18.2 Å². The first-order chi connectivity index (χ1) is 12.3. The Morgan fingerprint density at radius 1 is 1.31 bits per heavy atom. The first-order valence-electron chi connectivity index (χ1n) is 7.39. The Bertz CT molecular complexity index is 1110. The van der Waals surface area contributed by atoms with Crippen molar-refractivity contribution in [3.05, 3.63) is 43.7 Å². The minimum absolute atomic E-state index is 0.0327. The van der Waals surface area contributed by atoms with Crippen molar-refractivity contribution < 1.29 is 29.7 Å². The van der Waals surface area contributed by atoms with E-state index in [1.54, 1.807) is 24.3 Å². The fourth-order valence-electron chi connectivity index (χ4n) is 2.71. The zero-order chi connectivity index (χ0) is 19.0. The average Bonchev–Trinajstić information content (AvgIpc) is 3.04. The number of carboxylic acid groups (broad SMARTS) is 2. The van der Waals surface area contributed by atoms with Crippen LogP contribution in [0.1, 0.15) is 23.8 Å². The van der Waals surface area contributed by atoms with E-state index in [0.717, 1.165) is 15.9 Å². The number of carbonyl (C=O) groups is 3. The normalized spacial score (nSPS) is 14.0. The highest BCUT2D eigenvalue weighted by atomic mass is 32.1. The highest BCUT2D eigenvalue weighted by Crippen LogP contribution is 2.35. The van der Waals surface area contributed by atoms with E-state index in [1.807, 2.05) is 0 Å². The molecule has 1 aliphatic rings. The molecule has 1 aromatic carbocycles. The summed E-state index contributed by atoms with van der Waals surface area (Å²) in [6.07, 6.45) is -0.939. The lowest BCUT2D eigenvalue weighted by Gasteiger charge is -2.20. The van der Waals surface area contributed by atoms with Crippen molar-refractivity contribution in [2.24, 2.45) is 4.99 Å². The summed E-state index contributed by atoms with van der Waals surface area (Å²) in [7, 11) is 0. The maximum absolute atomic E-state index is 12.3. The molecule has 1 amide bonds. The molecule has 0 bridgehead atoms. The fraction of sp³-hybridized carbons (Fsp3) is 0.188. The van der Waals surface area contributed by atoms with Crippen LogP contribution in [0.15, 0.2) is 29.3 Å². The second-order valence-electron chi connectivity index (χ2n) is 5.45. The number of carboxylic acids is 2. The highest BCUT2D eigenvalue weighted by Gasteiger charge is 2.27. The van der Waals surface area contributed by atoms with Gasteiger partial charge in [0.2, 0.25) is 5.88 Å². The zero-order valence-corrected chi connectivity index (χ0v) is 14.6. The summed E-state index contributed by atoms with van der Waals surface area (Å²) in [5.74, 6) is -4.16. The number of carbonyl (C=O) groups excluding carboxylic acids is 3. The first kappa shape index (κ1) is 18.0. The number of aliphatic carboxylic acids is 2. The Kier molecular flexibility index (Phi) is 4.70. The predicted octanol–water partition coefficient (Wildman–Crippen LogP) is -1.84. The number of aromatic nitrogens is 1. The molecule has 0 spiro atoms. The van der Waals surface area contributed by atoms with Gasteiger partial charge in [0.05, 0.1) is 22.9 Å². The third-order valence-electron chi connectivity index (χ3n) is 3.86. The van der Waals surface area contributed by atoms with E-state index in [4.69, 9.17) is 12.2 Å². The van der Waals surface area contributed by atoms with Crippen LogP contribution in [0.2, 0.25) is 0 Å². The van der Waals surface area contributed by atoms with Crippen molar-refractivity contribution in [3.8, 4) is 5.88 Å². The summed E-state index contributed by atoms with van der Waals surface area (Å²) in [6, 6.07) is 5.19. The molecular formula is C16H10N2O6S2-2. The summed E-state index contributed by atoms with van der Waals surface area (Å²) in [5, 5.41) is 33.5. The number of rotatable bonds is 6. The molecule has 10 heteroatoms. The molecular weight excluding hydrogens is 380 g/mol. The molecule has 0 radical (unpaired) electrons. The number of amides is 1. The van der Waals surface area contributed by atoms with Crippen LogP contribution in [-0.4, -0.2) is 27.5 Å². The maximum Gasteiger partial charge on any atom is 0.279 e. The zero-order valence-electron chi connectivity index (χ0n) is 13.0. The van der Waals surface area contributed by atoms with Crippen molar-refractivity contribution in [2.75, 3.05) is 0 Å². The molecule has 0 saturated carbocycles. The number of aromatic hydroxyl groups is 1. The number of thiazole rings is 1. The number of para-hydroxylation sites is 1. The second-order valence-corrected chi connectivity index (χ2v) is 7.09. The molecule has 1 aromatic heterocycles. The molecule has 1 N–H and O–H groups in total. The molecule has 1 aliphatic heterocycles. The molecule has 3 rings (SSSR count). The summed E-state index contributed by atoms with van der Waals surface area (Å²) in [6.45, 7) is 0. The Labute approximate surface area is 155 Å². The number of hydrogen-bond donors (Lipinski definition) is 1. The minimum Gasteiger partial charge on any atom is -0.550 e. The Morgan fingerprint density at radius 3 is 2.65 bits per heavy atom. The standard InChI is InChI=1S/C16H12N2O6S2/c19-10(20)6-5-9(15(23)24)18-14(22)12(26-16(18)25)11-7-3-1-2-4-8(7)17-13(11)21/h1-4,9,22H,5-6H2,(H,19,20)(H,23,24)/p-2. The molecule has 134 valence electrons. The van der Waals surface area contributed by atoms with Crippen LogP contribution in [0.25, 0.3) is 5.57 Å². The second kappa shape index (κ2) is 6.81. The minimum atomic E-state index is -1.60. The molecule has 2 heterocycles. The molecule has 8 nitrogen and oxygen atoms in total. The number of fused-ring (bicyclic) bond motifs is 1. The SMILES string of the molecule is O=C([O-])CCC(C(=O)[O-])n1c(O)c(C2=c3ccccc3=NC2=O)sc1=S. The van der Waals surface area contributed by atoms with Gasteiger partial charge in [-0.15, -0.1) is 11.3 Å². The van der Waals surface area contributed by atoms with Crippen LogP contribution >= 0.6 is 23.6 Å². The topological polar surface area (TPSA) is 135 Å². The van der Waals surface area contributed by atoms with Gasteiger partial charge in [-0.3, -0.25) is 9.36 Å². The van der Waals surface area contributed by atoms with E-state index < -0.39 is 36.2 Å². The van der Waals surface area contributed by atoms with Crippen LogP contribution in [0.5, 0.6) is 5.88 Å². The molecule has 2 aromatic rings. The summed E-state index contributed by atoms with van der Waals surface area (Å²) >= 11 is 5.96. The molecule has 1 atom stereocenters. The van der Waals surface area contributed by atoms with Gasteiger partial charge in [0.25, 0.3) is 5.91 Å². The van der Waals surface area contributed by atoms with Crippen LogP contribution in [-0.2, 0) is 14.4 Å². The van der Waals surface area contributed by atoms with Crippen molar-refractivity contribution in [1.29, 1.82) is 0 Å². The summed E-state index contributed by atoms with van der Waals surface area (Å²) in [4.78, 5) is 38.3. The van der Waals surface area contributed by atoms with E-state index in [2.05, 4.69) is 4.99 Å². The van der Waals surface area contributed by atoms with Gasteiger partial charge in [0.15, 0.2) is 3.95 Å². The fourth-order valence-corrected chi connectivity index (χ4v) is 4.14. The van der Waals surface area contributed by atoms with Gasteiger partial charge >= 0.3 is 0 Å². The van der Waals surface area contributed by atoms with E-state index in [9.17, 15) is 29.7 Å². The van der Waals surface area contributed by atoms with Gasteiger partial charge in [0, 0.05) is 11.2 Å². The molecule has 0 aliphatic carbocycles. The Balaban J connectivity index is 2.17. The lowest BCUT2D eigenvalue weighted by atomic mass is 10.1. The largest absolute Gasteiger partial charge is 0.550 e. The van der Waals surface area contributed by atoms with Crippen molar-refractivity contribution in [3.63, 3.8) is 0 Å². The quantitative estimate of drug-likeness (QED) is 0.573. The molecule has 0 saturated heterocycles. The van der Waals surface area contributed by atoms with Gasteiger partial charge in [-0.05, 0) is 31.1 Å². The monoisotopic (exact) mass is 390 g/mol. The van der Waals surface area contributed by atoms with Gasteiger partial charge in [0.1, 0.15) is 4.88 Å². The van der Waals surface area contributed by atoms with E-state index in [0.29, 0.717) is 10.6 Å². The molecule has 26 heavy (non-hydrogen) atoms.